The van der Waals surface area contributed by atoms with Crippen molar-refractivity contribution in [3.05, 3.63) is 48.3 Å². The Bertz CT molecular complexity index is 668. The Kier molecular flexibility index (Phi) is 8.37. The predicted octanol–water partition coefficient (Wildman–Crippen LogP) is 2.92. The third-order valence-corrected chi connectivity index (χ3v) is 4.35. The molecule has 1 heterocycles. The van der Waals surface area contributed by atoms with Crippen molar-refractivity contribution < 1.29 is 4.74 Å². The molecule has 26 heavy (non-hydrogen) atoms. The molecule has 1 aliphatic rings. The molecule has 0 amide bonds. The number of likely N-dealkylation sites (N-methyl/N-ethyl adjacent to an activating group) is 1. The molecule has 3 rings (SSSR count). The van der Waals surface area contributed by atoms with E-state index in [0.717, 1.165) is 43.9 Å². The van der Waals surface area contributed by atoms with Crippen LogP contribution in [0.2, 0.25) is 0 Å². The maximum Gasteiger partial charge on any atom is 0.193 e. The summed E-state index contributed by atoms with van der Waals surface area (Å²) in [5.74, 6) is 1.69. The fourth-order valence-electron chi connectivity index (χ4n) is 2.60. The van der Waals surface area contributed by atoms with Gasteiger partial charge in [0.05, 0.1) is 12.3 Å². The molecule has 0 unspecified atom stereocenters. The summed E-state index contributed by atoms with van der Waals surface area (Å²) >= 11 is 0. The van der Waals surface area contributed by atoms with Crippen LogP contribution < -0.4 is 5.32 Å². The van der Waals surface area contributed by atoms with E-state index in [1.54, 1.807) is 6.20 Å². The van der Waals surface area contributed by atoms with Gasteiger partial charge in [-0.05, 0) is 42.5 Å². The number of guanidine groups is 1. The first-order valence-electron chi connectivity index (χ1n) is 8.85. The van der Waals surface area contributed by atoms with Gasteiger partial charge in [-0.25, -0.2) is 4.68 Å². The van der Waals surface area contributed by atoms with Gasteiger partial charge >= 0.3 is 0 Å². The van der Waals surface area contributed by atoms with Crippen LogP contribution in [0.4, 0.5) is 0 Å². The number of aliphatic imine (C=N–C) groups is 1. The van der Waals surface area contributed by atoms with Crippen LogP contribution in [0.1, 0.15) is 18.4 Å². The van der Waals surface area contributed by atoms with E-state index >= 15 is 0 Å². The van der Waals surface area contributed by atoms with Gasteiger partial charge in [0.15, 0.2) is 5.96 Å². The molecule has 2 aromatic rings. The largest absolute Gasteiger partial charge is 0.379 e. The molecule has 1 aromatic heterocycles. The fraction of sp³-hybridized carbons (Fsp3) is 0.474. The van der Waals surface area contributed by atoms with Crippen LogP contribution >= 0.6 is 24.0 Å². The zero-order chi connectivity index (χ0) is 17.5. The molecule has 142 valence electrons. The van der Waals surface area contributed by atoms with E-state index in [0.29, 0.717) is 0 Å². The highest BCUT2D eigenvalue weighted by molar-refractivity contribution is 14.0. The molecule has 1 fully saturated rings. The molecule has 0 radical (unpaired) electrons. The molecular formula is C19H28IN5O. The van der Waals surface area contributed by atoms with Crippen LogP contribution in [0.15, 0.2) is 47.7 Å². The summed E-state index contributed by atoms with van der Waals surface area (Å²) in [6.07, 6.45) is 6.38. The van der Waals surface area contributed by atoms with Gasteiger partial charge in [-0.3, -0.25) is 4.99 Å². The van der Waals surface area contributed by atoms with E-state index in [2.05, 4.69) is 44.6 Å². The van der Waals surface area contributed by atoms with Crippen molar-refractivity contribution in [2.45, 2.75) is 19.4 Å². The van der Waals surface area contributed by atoms with E-state index in [4.69, 9.17) is 4.74 Å². The minimum Gasteiger partial charge on any atom is -0.379 e. The molecule has 0 atom stereocenters. The highest BCUT2D eigenvalue weighted by Crippen LogP contribution is 2.28. The molecule has 1 aromatic carbocycles. The van der Waals surface area contributed by atoms with E-state index in [9.17, 15) is 0 Å². The van der Waals surface area contributed by atoms with Gasteiger partial charge in [0.2, 0.25) is 0 Å². The van der Waals surface area contributed by atoms with Crippen molar-refractivity contribution in [3.8, 4) is 5.69 Å². The smallest absolute Gasteiger partial charge is 0.193 e. The second kappa shape index (κ2) is 10.5. The molecule has 7 heteroatoms. The quantitative estimate of drug-likeness (QED) is 0.280. The lowest BCUT2D eigenvalue weighted by molar-refractivity contribution is 0.115. The maximum atomic E-state index is 5.70. The zero-order valence-corrected chi connectivity index (χ0v) is 17.8. The summed E-state index contributed by atoms with van der Waals surface area (Å²) in [7, 11) is 3.85. The second-order valence-electron chi connectivity index (χ2n) is 6.46. The maximum absolute atomic E-state index is 5.70. The van der Waals surface area contributed by atoms with Gasteiger partial charge in [-0.15, -0.1) is 24.0 Å². The first-order valence-corrected chi connectivity index (χ1v) is 8.85. The lowest BCUT2D eigenvalue weighted by atomic mass is 10.2. The average molecular weight is 469 g/mol. The SMILES string of the molecule is CN=C(NCc1ccc(-n2cccn2)cc1)N(C)CCOCC1CC1.I. The van der Waals surface area contributed by atoms with Crippen LogP contribution in [-0.2, 0) is 11.3 Å². The number of nitrogens with zero attached hydrogens (tertiary/aromatic N) is 4. The monoisotopic (exact) mass is 469 g/mol. The Balaban J connectivity index is 0.00000243. The summed E-state index contributed by atoms with van der Waals surface area (Å²) in [5, 5.41) is 7.64. The predicted molar refractivity (Wildman–Crippen MR) is 115 cm³/mol. The van der Waals surface area contributed by atoms with Crippen molar-refractivity contribution in [1.82, 2.24) is 20.0 Å². The van der Waals surface area contributed by atoms with E-state index < -0.39 is 0 Å². The molecule has 6 nitrogen and oxygen atoms in total. The summed E-state index contributed by atoms with van der Waals surface area (Å²) in [4.78, 5) is 6.45. The van der Waals surface area contributed by atoms with Crippen molar-refractivity contribution in [3.63, 3.8) is 0 Å². The Morgan fingerprint density at radius 2 is 2.12 bits per heavy atom. The normalized spacial score (nSPS) is 14.0. The second-order valence-corrected chi connectivity index (χ2v) is 6.46. The average Bonchev–Trinajstić information content (AvgIpc) is 3.30. The van der Waals surface area contributed by atoms with Crippen LogP contribution in [-0.4, -0.2) is 54.5 Å². The van der Waals surface area contributed by atoms with Gasteiger partial charge in [0, 0.05) is 46.2 Å². The van der Waals surface area contributed by atoms with Gasteiger partial charge in [-0.1, -0.05) is 12.1 Å². The van der Waals surface area contributed by atoms with Gasteiger partial charge in [-0.2, -0.15) is 5.10 Å². The standard InChI is InChI=1S/C19H27N5O.HI/c1-20-19(23(2)12-13-25-15-17-4-5-17)21-14-16-6-8-18(9-7-16)24-11-3-10-22-24;/h3,6-11,17H,4-5,12-15H2,1-2H3,(H,20,21);1H. The number of benzene rings is 1. The number of hydrogen-bond acceptors (Lipinski definition) is 3. The highest BCUT2D eigenvalue weighted by Gasteiger charge is 2.21. The highest BCUT2D eigenvalue weighted by atomic mass is 127. The Labute approximate surface area is 172 Å². The lowest BCUT2D eigenvalue weighted by Crippen LogP contribution is -2.40. The van der Waals surface area contributed by atoms with Gasteiger partial charge < -0.3 is 15.0 Å². The van der Waals surface area contributed by atoms with Crippen molar-refractivity contribution >= 4 is 29.9 Å². The first-order chi connectivity index (χ1) is 12.3. The molecule has 1 aliphatic carbocycles. The number of halogens is 1. The molecule has 0 spiro atoms. The number of hydrogen-bond donors (Lipinski definition) is 1. The Morgan fingerprint density at radius 3 is 2.73 bits per heavy atom. The minimum atomic E-state index is 0. The van der Waals surface area contributed by atoms with Crippen LogP contribution in [0.3, 0.4) is 0 Å². The lowest BCUT2D eigenvalue weighted by Gasteiger charge is -2.22. The molecule has 1 N–H and O–H groups in total. The fourth-order valence-corrected chi connectivity index (χ4v) is 2.60. The van der Waals surface area contributed by atoms with Crippen molar-refractivity contribution in [2.75, 3.05) is 33.9 Å². The van der Waals surface area contributed by atoms with Gasteiger partial charge in [0.1, 0.15) is 0 Å². The van der Waals surface area contributed by atoms with Crippen LogP contribution in [0.25, 0.3) is 5.69 Å². The van der Waals surface area contributed by atoms with Crippen molar-refractivity contribution in [2.24, 2.45) is 10.9 Å². The number of nitrogens with one attached hydrogen (secondary N) is 1. The number of aromatic nitrogens is 2. The van der Waals surface area contributed by atoms with Crippen LogP contribution in [0.5, 0.6) is 0 Å². The molecule has 0 saturated heterocycles. The van der Waals surface area contributed by atoms with Crippen molar-refractivity contribution in [1.29, 1.82) is 0 Å². The first kappa shape index (κ1) is 20.7. The van der Waals surface area contributed by atoms with E-state index in [-0.39, 0.29) is 24.0 Å². The summed E-state index contributed by atoms with van der Waals surface area (Å²) in [6, 6.07) is 10.3. The molecule has 0 aliphatic heterocycles. The zero-order valence-electron chi connectivity index (χ0n) is 15.5. The number of ether oxygens (including phenoxy) is 1. The molecule has 1 saturated carbocycles. The summed E-state index contributed by atoms with van der Waals surface area (Å²) < 4.78 is 7.55. The third kappa shape index (κ3) is 6.28. The Hall–Kier alpha value is -1.61. The molecular weight excluding hydrogens is 441 g/mol. The number of rotatable bonds is 8. The minimum absolute atomic E-state index is 0. The molecule has 0 bridgehead atoms. The summed E-state index contributed by atoms with van der Waals surface area (Å²) in [6.45, 7) is 3.22. The topological polar surface area (TPSA) is 54.7 Å². The van der Waals surface area contributed by atoms with E-state index in [1.165, 1.54) is 18.4 Å². The van der Waals surface area contributed by atoms with Gasteiger partial charge in [0.25, 0.3) is 0 Å². The summed E-state index contributed by atoms with van der Waals surface area (Å²) in [5.41, 5.74) is 2.26. The van der Waals surface area contributed by atoms with E-state index in [1.807, 2.05) is 31.0 Å². The Morgan fingerprint density at radius 1 is 1.35 bits per heavy atom. The third-order valence-electron chi connectivity index (χ3n) is 4.35. The van der Waals surface area contributed by atoms with Crippen LogP contribution in [0, 0.1) is 5.92 Å².